The molecule has 0 atom stereocenters. The molecule has 0 bridgehead atoms. The first kappa shape index (κ1) is 28.7. The van der Waals surface area contributed by atoms with Gasteiger partial charge in [-0.25, -0.2) is 17.5 Å². The highest BCUT2D eigenvalue weighted by atomic mass is 35.5. The number of benzene rings is 2. The summed E-state index contributed by atoms with van der Waals surface area (Å²) in [7, 11) is -3.71. The minimum atomic E-state index is -3.71. The van der Waals surface area contributed by atoms with Crippen molar-refractivity contribution in [2.75, 3.05) is 26.2 Å². The fourth-order valence-electron chi connectivity index (χ4n) is 4.31. The lowest BCUT2D eigenvalue weighted by Crippen LogP contribution is -2.63. The number of hydrogen-bond acceptors (Lipinski definition) is 6. The van der Waals surface area contributed by atoms with Crippen molar-refractivity contribution in [1.29, 1.82) is 0 Å². The van der Waals surface area contributed by atoms with E-state index < -0.39 is 27.3 Å². The average Bonchev–Trinajstić information content (AvgIpc) is 3.37. The van der Waals surface area contributed by atoms with Crippen molar-refractivity contribution in [2.45, 2.75) is 36.7 Å². The van der Waals surface area contributed by atoms with Gasteiger partial charge in [-0.1, -0.05) is 35.4 Å². The maximum atomic E-state index is 13.8. The average molecular weight is 577 g/mol. The molecule has 0 radical (unpaired) electrons. The van der Waals surface area contributed by atoms with Crippen molar-refractivity contribution in [3.05, 3.63) is 71.1 Å². The van der Waals surface area contributed by atoms with Gasteiger partial charge in [-0.2, -0.15) is 5.10 Å². The number of aryl methyl sites for hydroxylation is 1. The summed E-state index contributed by atoms with van der Waals surface area (Å²) in [5.74, 6) is -1.36. The van der Waals surface area contributed by atoms with Crippen molar-refractivity contribution in [1.82, 2.24) is 30.5 Å². The molecular formula is C26H30ClFN6O4S. The number of carbonyl (C=O) groups excluding carboxylic acids is 2. The van der Waals surface area contributed by atoms with Crippen LogP contribution in [-0.2, 0) is 26.2 Å². The number of rotatable bonds is 10. The van der Waals surface area contributed by atoms with Crippen LogP contribution in [0.2, 0.25) is 5.02 Å². The third-order valence-corrected chi connectivity index (χ3v) is 8.25. The SMILES string of the molecule is Cc1ccc(S(=O)(=O)NCCNC(=O)C2(NC(=O)Cn3ccc(-c4ccc(Cl)c(F)c4)n3)CCNCC2)cc1. The first-order chi connectivity index (χ1) is 18.6. The van der Waals surface area contributed by atoms with E-state index in [2.05, 4.69) is 25.8 Å². The monoisotopic (exact) mass is 576 g/mol. The van der Waals surface area contributed by atoms with Gasteiger partial charge in [-0.3, -0.25) is 14.3 Å². The summed E-state index contributed by atoms with van der Waals surface area (Å²) in [4.78, 5) is 26.3. The molecular weight excluding hydrogens is 547 g/mol. The number of nitrogens with one attached hydrogen (secondary N) is 4. The summed E-state index contributed by atoms with van der Waals surface area (Å²) >= 11 is 5.74. The van der Waals surface area contributed by atoms with Gasteiger partial charge in [-0.15, -0.1) is 0 Å². The van der Waals surface area contributed by atoms with Crippen molar-refractivity contribution >= 4 is 33.4 Å². The van der Waals surface area contributed by atoms with Crippen molar-refractivity contribution in [2.24, 2.45) is 0 Å². The van der Waals surface area contributed by atoms with E-state index >= 15 is 0 Å². The largest absolute Gasteiger partial charge is 0.353 e. The van der Waals surface area contributed by atoms with E-state index in [-0.39, 0.29) is 35.5 Å². The highest BCUT2D eigenvalue weighted by Gasteiger charge is 2.40. The first-order valence-corrected chi connectivity index (χ1v) is 14.3. The van der Waals surface area contributed by atoms with E-state index in [0.717, 1.165) is 5.56 Å². The molecule has 39 heavy (non-hydrogen) atoms. The second kappa shape index (κ2) is 12.2. The quantitative estimate of drug-likeness (QED) is 0.273. The predicted octanol–water partition coefficient (Wildman–Crippen LogP) is 1.98. The van der Waals surface area contributed by atoms with Crippen LogP contribution in [0.15, 0.2) is 59.6 Å². The molecule has 1 aromatic heterocycles. The van der Waals surface area contributed by atoms with Crippen LogP contribution in [0.5, 0.6) is 0 Å². The smallest absolute Gasteiger partial charge is 0.245 e. The topological polar surface area (TPSA) is 134 Å². The van der Waals surface area contributed by atoms with Crippen LogP contribution < -0.4 is 20.7 Å². The van der Waals surface area contributed by atoms with Crippen LogP contribution in [0.1, 0.15) is 18.4 Å². The Labute approximate surface area is 231 Å². The van der Waals surface area contributed by atoms with Crippen molar-refractivity contribution in [3.63, 3.8) is 0 Å². The molecule has 13 heteroatoms. The lowest BCUT2D eigenvalue weighted by Gasteiger charge is -2.37. The fraction of sp³-hybridized carbons (Fsp3) is 0.346. The molecule has 1 aliphatic heterocycles. The van der Waals surface area contributed by atoms with Crippen LogP contribution in [0.4, 0.5) is 4.39 Å². The number of halogens is 2. The molecule has 0 saturated carbocycles. The molecule has 2 amide bonds. The zero-order valence-corrected chi connectivity index (χ0v) is 22.9. The number of aromatic nitrogens is 2. The Bertz CT molecular complexity index is 1440. The van der Waals surface area contributed by atoms with Crippen LogP contribution in [0, 0.1) is 12.7 Å². The summed E-state index contributed by atoms with van der Waals surface area (Å²) in [5, 5.41) is 13.1. The molecule has 0 aliphatic carbocycles. The van der Waals surface area contributed by atoms with Gasteiger partial charge in [0, 0.05) is 24.8 Å². The van der Waals surface area contributed by atoms with E-state index in [1.54, 1.807) is 30.5 Å². The van der Waals surface area contributed by atoms with Gasteiger partial charge in [0.1, 0.15) is 17.9 Å². The van der Waals surface area contributed by atoms with Gasteiger partial charge < -0.3 is 16.0 Å². The molecule has 1 saturated heterocycles. The van der Waals surface area contributed by atoms with E-state index in [9.17, 15) is 22.4 Å². The number of amides is 2. The summed E-state index contributed by atoms with van der Waals surface area (Å²) in [6.45, 7) is 2.82. The van der Waals surface area contributed by atoms with Crippen LogP contribution >= 0.6 is 11.6 Å². The molecule has 4 rings (SSSR count). The third kappa shape index (κ3) is 7.21. The van der Waals surface area contributed by atoms with E-state index in [1.165, 1.54) is 28.9 Å². The molecule has 2 aromatic carbocycles. The molecule has 0 spiro atoms. The van der Waals surface area contributed by atoms with Crippen LogP contribution in [0.25, 0.3) is 11.3 Å². The Hall–Kier alpha value is -3.32. The Morgan fingerprint density at radius 1 is 1.10 bits per heavy atom. The van der Waals surface area contributed by atoms with Gasteiger partial charge in [0.2, 0.25) is 21.8 Å². The Balaban J connectivity index is 1.34. The van der Waals surface area contributed by atoms with Crippen molar-refractivity contribution < 1.29 is 22.4 Å². The molecule has 3 aromatic rings. The van der Waals surface area contributed by atoms with Gasteiger partial charge in [0.05, 0.1) is 15.6 Å². The van der Waals surface area contributed by atoms with E-state index in [1.807, 2.05) is 6.92 Å². The molecule has 10 nitrogen and oxygen atoms in total. The summed E-state index contributed by atoms with van der Waals surface area (Å²) in [6, 6.07) is 12.4. The van der Waals surface area contributed by atoms with Crippen molar-refractivity contribution in [3.8, 4) is 11.3 Å². The Kier molecular flexibility index (Phi) is 9.01. The number of piperidine rings is 1. The molecule has 1 aliphatic rings. The fourth-order valence-corrected chi connectivity index (χ4v) is 5.46. The molecule has 208 valence electrons. The number of carbonyl (C=O) groups is 2. The first-order valence-electron chi connectivity index (χ1n) is 12.4. The molecule has 0 unspecified atom stereocenters. The summed E-state index contributed by atoms with van der Waals surface area (Å²) in [5.41, 5.74) is 0.789. The maximum Gasteiger partial charge on any atom is 0.245 e. The van der Waals surface area contributed by atoms with E-state index in [0.29, 0.717) is 37.2 Å². The predicted molar refractivity (Wildman–Crippen MR) is 145 cm³/mol. The van der Waals surface area contributed by atoms with Crippen LogP contribution in [-0.4, -0.2) is 61.7 Å². The molecule has 2 heterocycles. The standard InChI is InChI=1S/C26H30ClFN6O4S/c1-18-2-5-20(6-3-18)39(37,38)31-14-13-30-25(36)26(9-11-29-12-10-26)32-24(35)17-34-15-8-23(33-34)19-4-7-21(27)22(28)16-19/h2-8,15-16,29,31H,9-14,17H2,1H3,(H,30,36)(H,32,35). The third-order valence-electron chi connectivity index (χ3n) is 6.47. The molecule has 1 fully saturated rings. The zero-order chi connectivity index (χ0) is 28.0. The summed E-state index contributed by atoms with van der Waals surface area (Å²) < 4.78 is 42.6. The number of sulfonamides is 1. The normalized spacial score (nSPS) is 15.1. The van der Waals surface area contributed by atoms with Gasteiger partial charge in [0.25, 0.3) is 0 Å². The van der Waals surface area contributed by atoms with Gasteiger partial charge >= 0.3 is 0 Å². The number of hydrogen-bond donors (Lipinski definition) is 4. The molecule has 4 N–H and O–H groups in total. The van der Waals surface area contributed by atoms with E-state index in [4.69, 9.17) is 11.6 Å². The Morgan fingerprint density at radius 3 is 2.51 bits per heavy atom. The van der Waals surface area contributed by atoms with Gasteiger partial charge in [0.15, 0.2) is 0 Å². The minimum absolute atomic E-state index is 0.00628. The lowest BCUT2D eigenvalue weighted by molar-refractivity contribution is -0.135. The minimum Gasteiger partial charge on any atom is -0.353 e. The Morgan fingerprint density at radius 2 is 1.82 bits per heavy atom. The maximum absolute atomic E-state index is 13.8. The van der Waals surface area contributed by atoms with Gasteiger partial charge in [-0.05, 0) is 63.2 Å². The highest BCUT2D eigenvalue weighted by molar-refractivity contribution is 7.89. The second-order valence-corrected chi connectivity index (χ2v) is 11.5. The lowest BCUT2D eigenvalue weighted by atomic mass is 9.87. The summed E-state index contributed by atoms with van der Waals surface area (Å²) in [6.07, 6.45) is 2.33. The number of nitrogens with zero attached hydrogens (tertiary/aromatic N) is 2. The highest BCUT2D eigenvalue weighted by Crippen LogP contribution is 2.23. The second-order valence-electron chi connectivity index (χ2n) is 9.37. The van der Waals surface area contributed by atoms with Crippen LogP contribution in [0.3, 0.4) is 0 Å². The zero-order valence-electron chi connectivity index (χ0n) is 21.3.